The fourth-order valence-electron chi connectivity index (χ4n) is 4.16. The Hall–Kier alpha value is -4.18. The Morgan fingerprint density at radius 3 is 2.37 bits per heavy atom. The van der Waals surface area contributed by atoms with Gasteiger partial charge in [0.25, 0.3) is 5.91 Å². The second-order valence-electron chi connectivity index (χ2n) is 8.00. The molecule has 1 aliphatic carbocycles. The van der Waals surface area contributed by atoms with Crippen LogP contribution in [0.25, 0.3) is 11.1 Å². The van der Waals surface area contributed by atoms with Crippen LogP contribution in [0.1, 0.15) is 40.9 Å². The maximum atomic E-state index is 12.4. The van der Waals surface area contributed by atoms with Crippen LogP contribution < -0.4 is 10.6 Å². The van der Waals surface area contributed by atoms with E-state index in [1.807, 2.05) is 36.4 Å². The Labute approximate surface area is 201 Å². The zero-order chi connectivity index (χ0) is 24.8. The fourth-order valence-corrected chi connectivity index (χ4v) is 4.16. The number of nitrogens with zero attached hydrogens (tertiary/aromatic N) is 1. The summed E-state index contributed by atoms with van der Waals surface area (Å²) in [6.07, 6.45) is -1.57. The van der Waals surface area contributed by atoms with Crippen LogP contribution in [0.5, 0.6) is 0 Å². The number of aromatic amines is 1. The molecule has 0 fully saturated rings. The van der Waals surface area contributed by atoms with Crippen LogP contribution in [-0.4, -0.2) is 59.1 Å². The number of hydrogen-bond acceptors (Lipinski definition) is 6. The van der Waals surface area contributed by atoms with Gasteiger partial charge in [-0.05, 0) is 29.2 Å². The van der Waals surface area contributed by atoms with Crippen molar-refractivity contribution in [2.75, 3.05) is 25.1 Å². The summed E-state index contributed by atoms with van der Waals surface area (Å²) in [5.74, 6) is -1.47. The first kappa shape index (κ1) is 24.0. The summed E-state index contributed by atoms with van der Waals surface area (Å²) in [6.45, 7) is 2.24. The number of carboxylic acids is 1. The Kier molecular flexibility index (Phi) is 7.41. The first-order valence-electron chi connectivity index (χ1n) is 11.2. The normalized spacial score (nSPS) is 12.9. The maximum Gasteiger partial charge on any atom is 0.412 e. The molecule has 182 valence electrons. The molecule has 35 heavy (non-hydrogen) atoms. The van der Waals surface area contributed by atoms with Gasteiger partial charge in [-0.3, -0.25) is 20.0 Å². The van der Waals surface area contributed by atoms with Gasteiger partial charge < -0.3 is 19.9 Å². The van der Waals surface area contributed by atoms with Crippen molar-refractivity contribution >= 4 is 23.8 Å². The third kappa shape index (κ3) is 5.67. The Bertz CT molecular complexity index is 1180. The number of H-pyrrole nitrogens is 1. The Morgan fingerprint density at radius 2 is 1.74 bits per heavy atom. The number of nitrogens with one attached hydrogen (secondary N) is 3. The number of fused-ring (bicyclic) bond motifs is 3. The molecular formula is C25H26N4O6. The number of hydrogen-bond donors (Lipinski definition) is 4. The van der Waals surface area contributed by atoms with E-state index in [1.165, 1.54) is 6.07 Å². The van der Waals surface area contributed by atoms with E-state index in [2.05, 4.69) is 33.0 Å². The summed E-state index contributed by atoms with van der Waals surface area (Å²) in [5.41, 5.74) is 4.58. The number of amides is 2. The van der Waals surface area contributed by atoms with Crippen LogP contribution in [0, 0.1) is 0 Å². The number of carbonyl (C=O) groups is 3. The van der Waals surface area contributed by atoms with Gasteiger partial charge in [-0.2, -0.15) is 5.10 Å². The SMILES string of the molecule is CCOC(CNC(=O)c1cc(NC(=O)OCC2c3ccccc3-c3ccccc32)n[nH]1)CC(=O)O. The van der Waals surface area contributed by atoms with Crippen molar-refractivity contribution in [1.82, 2.24) is 15.5 Å². The molecule has 4 rings (SSSR count). The highest BCUT2D eigenvalue weighted by Crippen LogP contribution is 2.44. The van der Waals surface area contributed by atoms with E-state index >= 15 is 0 Å². The summed E-state index contributed by atoms with van der Waals surface area (Å²) in [5, 5.41) is 20.5. The third-order valence-corrected chi connectivity index (χ3v) is 5.69. The van der Waals surface area contributed by atoms with E-state index in [1.54, 1.807) is 6.92 Å². The van der Waals surface area contributed by atoms with Crippen LogP contribution in [0.4, 0.5) is 10.6 Å². The van der Waals surface area contributed by atoms with E-state index in [0.717, 1.165) is 22.3 Å². The molecule has 4 N–H and O–H groups in total. The highest BCUT2D eigenvalue weighted by atomic mass is 16.5. The molecule has 0 bridgehead atoms. The van der Waals surface area contributed by atoms with Gasteiger partial charge in [0.05, 0.1) is 12.5 Å². The molecule has 1 heterocycles. The monoisotopic (exact) mass is 478 g/mol. The molecule has 0 spiro atoms. The Morgan fingerprint density at radius 1 is 1.09 bits per heavy atom. The molecular weight excluding hydrogens is 452 g/mol. The number of rotatable bonds is 10. The van der Waals surface area contributed by atoms with E-state index in [0.29, 0.717) is 6.61 Å². The molecule has 0 radical (unpaired) electrons. The standard InChI is InChI=1S/C25H26N4O6/c1-2-34-15(11-23(30)31)13-26-24(32)21-12-22(29-28-21)27-25(33)35-14-20-18-9-5-3-7-16(18)17-8-4-6-10-19(17)20/h3-10,12,15,20H,2,11,13-14H2,1H3,(H,26,32)(H,30,31)(H2,27,28,29,33). The number of carboxylic acid groups (broad SMARTS) is 1. The molecule has 2 aromatic carbocycles. The topological polar surface area (TPSA) is 143 Å². The molecule has 1 unspecified atom stereocenters. The van der Waals surface area contributed by atoms with Crippen LogP contribution in [-0.2, 0) is 14.3 Å². The Balaban J connectivity index is 1.31. The molecule has 2 amide bonds. The fraction of sp³-hybridized carbons (Fsp3) is 0.280. The zero-order valence-electron chi connectivity index (χ0n) is 19.1. The molecule has 0 saturated heterocycles. The van der Waals surface area contributed by atoms with Crippen LogP contribution >= 0.6 is 0 Å². The largest absolute Gasteiger partial charge is 0.481 e. The summed E-state index contributed by atoms with van der Waals surface area (Å²) >= 11 is 0. The smallest absolute Gasteiger partial charge is 0.412 e. The minimum Gasteiger partial charge on any atom is -0.481 e. The van der Waals surface area contributed by atoms with Crippen molar-refractivity contribution in [2.24, 2.45) is 0 Å². The number of aliphatic carboxylic acids is 1. The highest BCUT2D eigenvalue weighted by molar-refractivity contribution is 5.94. The average Bonchev–Trinajstić information content (AvgIpc) is 3.43. The maximum absolute atomic E-state index is 12.4. The van der Waals surface area contributed by atoms with Crippen molar-refractivity contribution in [2.45, 2.75) is 25.4 Å². The molecule has 1 aromatic heterocycles. The zero-order valence-corrected chi connectivity index (χ0v) is 19.1. The number of ether oxygens (including phenoxy) is 2. The van der Waals surface area contributed by atoms with Gasteiger partial charge in [0.2, 0.25) is 0 Å². The van der Waals surface area contributed by atoms with Crippen molar-refractivity contribution < 1.29 is 29.0 Å². The van der Waals surface area contributed by atoms with Crippen LogP contribution in [0.15, 0.2) is 54.6 Å². The summed E-state index contributed by atoms with van der Waals surface area (Å²) in [7, 11) is 0. The van der Waals surface area contributed by atoms with E-state index in [9.17, 15) is 14.4 Å². The van der Waals surface area contributed by atoms with E-state index < -0.39 is 24.1 Å². The predicted octanol–water partition coefficient (Wildman–Crippen LogP) is 3.38. The second-order valence-corrected chi connectivity index (χ2v) is 8.00. The number of benzene rings is 2. The minimum absolute atomic E-state index is 0.0210. The van der Waals surface area contributed by atoms with Crippen molar-refractivity contribution in [3.05, 3.63) is 71.4 Å². The lowest BCUT2D eigenvalue weighted by Crippen LogP contribution is -2.35. The number of aromatic nitrogens is 2. The highest BCUT2D eigenvalue weighted by Gasteiger charge is 2.29. The third-order valence-electron chi connectivity index (χ3n) is 5.69. The molecule has 1 aliphatic rings. The quantitative estimate of drug-likeness (QED) is 0.350. The van der Waals surface area contributed by atoms with Gasteiger partial charge in [0.1, 0.15) is 12.3 Å². The van der Waals surface area contributed by atoms with Crippen molar-refractivity contribution in [3.8, 4) is 11.1 Å². The van der Waals surface area contributed by atoms with Gasteiger partial charge in [0, 0.05) is 25.1 Å². The molecule has 10 heteroatoms. The first-order valence-corrected chi connectivity index (χ1v) is 11.2. The summed E-state index contributed by atoms with van der Waals surface area (Å²) < 4.78 is 10.8. The average molecular weight is 479 g/mol. The second kappa shape index (κ2) is 10.8. The minimum atomic E-state index is -1.02. The van der Waals surface area contributed by atoms with E-state index in [-0.39, 0.29) is 37.0 Å². The summed E-state index contributed by atoms with van der Waals surface area (Å²) in [4.78, 5) is 35.6. The molecule has 3 aromatic rings. The number of anilines is 1. The first-order chi connectivity index (χ1) is 17.0. The van der Waals surface area contributed by atoms with Gasteiger partial charge in [0.15, 0.2) is 5.82 Å². The van der Waals surface area contributed by atoms with Crippen LogP contribution in [0.2, 0.25) is 0 Å². The van der Waals surface area contributed by atoms with E-state index in [4.69, 9.17) is 14.6 Å². The van der Waals surface area contributed by atoms with Gasteiger partial charge >= 0.3 is 12.1 Å². The lowest BCUT2D eigenvalue weighted by Gasteiger charge is -2.15. The lowest BCUT2D eigenvalue weighted by atomic mass is 9.98. The van der Waals surface area contributed by atoms with Crippen molar-refractivity contribution in [1.29, 1.82) is 0 Å². The predicted molar refractivity (Wildman–Crippen MR) is 127 cm³/mol. The van der Waals surface area contributed by atoms with Gasteiger partial charge in [-0.1, -0.05) is 48.5 Å². The van der Waals surface area contributed by atoms with Gasteiger partial charge in [-0.25, -0.2) is 4.79 Å². The number of carbonyl (C=O) groups excluding carboxylic acids is 2. The molecule has 0 saturated carbocycles. The summed E-state index contributed by atoms with van der Waals surface area (Å²) in [6, 6.07) is 17.5. The van der Waals surface area contributed by atoms with Crippen molar-refractivity contribution in [3.63, 3.8) is 0 Å². The molecule has 10 nitrogen and oxygen atoms in total. The van der Waals surface area contributed by atoms with Gasteiger partial charge in [-0.15, -0.1) is 0 Å². The van der Waals surface area contributed by atoms with Crippen LogP contribution in [0.3, 0.4) is 0 Å². The molecule has 1 atom stereocenters. The lowest BCUT2D eigenvalue weighted by molar-refractivity contribution is -0.140. The molecule has 0 aliphatic heterocycles.